The normalized spacial score (nSPS) is 10.5. The number of aromatic nitrogens is 4. The Morgan fingerprint density at radius 3 is 2.40 bits per heavy atom. The summed E-state index contributed by atoms with van der Waals surface area (Å²) in [6.45, 7) is 7.98. The Labute approximate surface area is 174 Å². The van der Waals surface area contributed by atoms with Crippen LogP contribution in [0.1, 0.15) is 24.0 Å². The summed E-state index contributed by atoms with van der Waals surface area (Å²) in [5.74, 6) is 1.80. The number of benzene rings is 1. The van der Waals surface area contributed by atoms with Gasteiger partial charge in [-0.1, -0.05) is 0 Å². The molecule has 0 bridgehead atoms. The van der Waals surface area contributed by atoms with Crippen LogP contribution in [0.15, 0.2) is 41.5 Å². The molecule has 0 aliphatic carbocycles. The zero-order valence-electron chi connectivity index (χ0n) is 17.5. The minimum Gasteiger partial charge on any atom is -0.370 e. The van der Waals surface area contributed by atoms with Gasteiger partial charge in [0.1, 0.15) is 24.0 Å². The molecule has 0 saturated heterocycles. The number of carbonyl (C=O) groups excluding carboxylic acids is 1. The molecule has 0 radical (unpaired) electrons. The number of amides is 1. The highest BCUT2D eigenvalue weighted by Crippen LogP contribution is 2.19. The van der Waals surface area contributed by atoms with E-state index in [9.17, 15) is 9.59 Å². The monoisotopic (exact) mass is 407 g/mol. The summed E-state index contributed by atoms with van der Waals surface area (Å²) in [7, 11) is 0. The van der Waals surface area contributed by atoms with Gasteiger partial charge in [0.25, 0.3) is 5.56 Å². The largest absolute Gasteiger partial charge is 0.370 e. The van der Waals surface area contributed by atoms with E-state index in [2.05, 4.69) is 30.9 Å². The fraction of sp³-hybridized carbons (Fsp3) is 0.286. The summed E-state index contributed by atoms with van der Waals surface area (Å²) < 4.78 is 1.30. The Morgan fingerprint density at radius 2 is 1.70 bits per heavy atom. The zero-order valence-corrected chi connectivity index (χ0v) is 17.5. The standard InChI is InChI=1S/C21H25N7O2/c1-5-22-18-10-19(25-15(4)24-18)26-16-6-8-17(9-7-16)27-20(29)11-28-12-23-14(3)13(2)21(28)30/h6-10,12H,5,11H2,1-4H3,(H,27,29)(H2,22,24,25,26). The molecule has 3 N–H and O–H groups in total. The van der Waals surface area contributed by atoms with Gasteiger partial charge in [0.05, 0.1) is 6.33 Å². The van der Waals surface area contributed by atoms with E-state index in [4.69, 9.17) is 0 Å². The molecule has 0 saturated carbocycles. The van der Waals surface area contributed by atoms with E-state index in [1.807, 2.05) is 32.0 Å². The van der Waals surface area contributed by atoms with Gasteiger partial charge in [-0.15, -0.1) is 0 Å². The van der Waals surface area contributed by atoms with Crippen LogP contribution in [0.25, 0.3) is 0 Å². The van der Waals surface area contributed by atoms with Crippen LogP contribution in [-0.2, 0) is 11.3 Å². The Hall–Kier alpha value is -3.75. The fourth-order valence-electron chi connectivity index (χ4n) is 2.83. The quantitative estimate of drug-likeness (QED) is 0.552. The van der Waals surface area contributed by atoms with E-state index < -0.39 is 0 Å². The minimum absolute atomic E-state index is 0.0969. The van der Waals surface area contributed by atoms with Crippen molar-refractivity contribution in [2.24, 2.45) is 0 Å². The summed E-state index contributed by atoms with van der Waals surface area (Å²) in [5, 5.41) is 9.18. The van der Waals surface area contributed by atoms with Crippen molar-refractivity contribution in [3.05, 3.63) is 64.1 Å². The maximum absolute atomic E-state index is 12.3. The first-order chi connectivity index (χ1) is 14.4. The molecule has 9 heteroatoms. The molecule has 30 heavy (non-hydrogen) atoms. The third-order valence-electron chi connectivity index (χ3n) is 4.47. The Kier molecular flexibility index (Phi) is 6.41. The molecule has 3 aromatic rings. The summed E-state index contributed by atoms with van der Waals surface area (Å²) in [6, 6.07) is 9.07. The first-order valence-electron chi connectivity index (χ1n) is 9.65. The summed E-state index contributed by atoms with van der Waals surface area (Å²) in [6.07, 6.45) is 1.39. The van der Waals surface area contributed by atoms with Gasteiger partial charge in [-0.3, -0.25) is 14.2 Å². The molecule has 156 valence electrons. The first kappa shape index (κ1) is 21.0. The Morgan fingerprint density at radius 1 is 1.03 bits per heavy atom. The van der Waals surface area contributed by atoms with Crippen LogP contribution in [0.2, 0.25) is 0 Å². The van der Waals surface area contributed by atoms with E-state index in [0.717, 1.165) is 18.1 Å². The van der Waals surface area contributed by atoms with Crippen molar-refractivity contribution in [1.29, 1.82) is 0 Å². The molecule has 0 spiro atoms. The average Bonchev–Trinajstić information content (AvgIpc) is 2.70. The van der Waals surface area contributed by atoms with Gasteiger partial charge < -0.3 is 16.0 Å². The number of nitrogens with zero attached hydrogens (tertiary/aromatic N) is 4. The fourth-order valence-corrected chi connectivity index (χ4v) is 2.83. The Bertz CT molecular complexity index is 1110. The summed E-state index contributed by atoms with van der Waals surface area (Å²) in [5.41, 5.74) is 2.44. The first-order valence-corrected chi connectivity index (χ1v) is 9.65. The highest BCUT2D eigenvalue weighted by Gasteiger charge is 2.09. The lowest BCUT2D eigenvalue weighted by Crippen LogP contribution is -2.29. The van der Waals surface area contributed by atoms with E-state index in [1.54, 1.807) is 26.0 Å². The topological polar surface area (TPSA) is 114 Å². The molecule has 0 aliphatic heterocycles. The molecular weight excluding hydrogens is 382 g/mol. The van der Waals surface area contributed by atoms with Crippen LogP contribution in [0.5, 0.6) is 0 Å². The van der Waals surface area contributed by atoms with Gasteiger partial charge in [0.15, 0.2) is 0 Å². The van der Waals surface area contributed by atoms with Gasteiger partial charge in [-0.2, -0.15) is 0 Å². The molecule has 0 unspecified atom stereocenters. The van der Waals surface area contributed by atoms with Crippen LogP contribution in [0.4, 0.5) is 23.0 Å². The minimum atomic E-state index is -0.301. The smallest absolute Gasteiger partial charge is 0.256 e. The molecule has 2 heterocycles. The number of aryl methyl sites for hydroxylation is 2. The van der Waals surface area contributed by atoms with Crippen molar-refractivity contribution in [3.8, 4) is 0 Å². The maximum Gasteiger partial charge on any atom is 0.256 e. The number of hydrogen-bond donors (Lipinski definition) is 3. The van der Waals surface area contributed by atoms with Crippen LogP contribution >= 0.6 is 0 Å². The second-order valence-electron chi connectivity index (χ2n) is 6.85. The number of anilines is 4. The molecule has 3 rings (SSSR count). The molecular formula is C21H25N7O2. The van der Waals surface area contributed by atoms with Crippen molar-refractivity contribution >= 4 is 28.9 Å². The number of nitrogens with one attached hydrogen (secondary N) is 3. The lowest BCUT2D eigenvalue weighted by Gasteiger charge is -2.11. The second-order valence-corrected chi connectivity index (χ2v) is 6.85. The zero-order chi connectivity index (χ0) is 21.7. The number of hydrogen-bond acceptors (Lipinski definition) is 7. The van der Waals surface area contributed by atoms with Crippen LogP contribution in [0, 0.1) is 20.8 Å². The second kappa shape index (κ2) is 9.17. The van der Waals surface area contributed by atoms with E-state index >= 15 is 0 Å². The van der Waals surface area contributed by atoms with Gasteiger partial charge in [0.2, 0.25) is 5.91 Å². The number of rotatable bonds is 7. The molecule has 0 fully saturated rings. The van der Waals surface area contributed by atoms with E-state index in [0.29, 0.717) is 28.6 Å². The van der Waals surface area contributed by atoms with Crippen LogP contribution in [-0.4, -0.2) is 32.0 Å². The summed E-state index contributed by atoms with van der Waals surface area (Å²) in [4.78, 5) is 37.3. The predicted molar refractivity (Wildman–Crippen MR) is 117 cm³/mol. The van der Waals surface area contributed by atoms with Crippen molar-refractivity contribution in [3.63, 3.8) is 0 Å². The molecule has 1 amide bonds. The van der Waals surface area contributed by atoms with E-state index in [1.165, 1.54) is 10.9 Å². The molecule has 2 aromatic heterocycles. The van der Waals surface area contributed by atoms with Crippen molar-refractivity contribution in [2.45, 2.75) is 34.2 Å². The third-order valence-corrected chi connectivity index (χ3v) is 4.47. The summed E-state index contributed by atoms with van der Waals surface area (Å²) >= 11 is 0. The lowest BCUT2D eigenvalue weighted by atomic mass is 10.2. The van der Waals surface area contributed by atoms with E-state index in [-0.39, 0.29) is 18.0 Å². The molecule has 9 nitrogen and oxygen atoms in total. The predicted octanol–water partition coefficient (Wildman–Crippen LogP) is 2.77. The van der Waals surface area contributed by atoms with Gasteiger partial charge >= 0.3 is 0 Å². The third kappa shape index (κ3) is 5.19. The molecule has 0 aliphatic rings. The number of carbonyl (C=O) groups is 1. The lowest BCUT2D eigenvalue weighted by molar-refractivity contribution is -0.116. The van der Waals surface area contributed by atoms with Gasteiger partial charge in [-0.05, 0) is 52.0 Å². The van der Waals surface area contributed by atoms with Gasteiger partial charge in [0, 0.05) is 35.2 Å². The maximum atomic E-state index is 12.3. The van der Waals surface area contributed by atoms with Crippen LogP contribution < -0.4 is 21.5 Å². The highest BCUT2D eigenvalue weighted by atomic mass is 16.2. The van der Waals surface area contributed by atoms with Crippen molar-refractivity contribution in [1.82, 2.24) is 19.5 Å². The Balaban J connectivity index is 1.64. The van der Waals surface area contributed by atoms with Crippen LogP contribution in [0.3, 0.4) is 0 Å². The van der Waals surface area contributed by atoms with Crippen molar-refractivity contribution in [2.75, 3.05) is 22.5 Å². The SMILES string of the molecule is CCNc1cc(Nc2ccc(NC(=O)Cn3cnc(C)c(C)c3=O)cc2)nc(C)n1. The highest BCUT2D eigenvalue weighted by molar-refractivity contribution is 5.90. The average molecular weight is 407 g/mol. The van der Waals surface area contributed by atoms with Gasteiger partial charge in [-0.25, -0.2) is 15.0 Å². The molecule has 1 aromatic carbocycles. The van der Waals surface area contributed by atoms with Crippen molar-refractivity contribution < 1.29 is 4.79 Å². The molecule has 0 atom stereocenters.